The highest BCUT2D eigenvalue weighted by atomic mass is 32.1. The Kier molecular flexibility index (Phi) is 5.41. The Labute approximate surface area is 267 Å². The van der Waals surface area contributed by atoms with Gasteiger partial charge in [-0.3, -0.25) is 0 Å². The van der Waals surface area contributed by atoms with Gasteiger partial charge in [-0.2, -0.15) is 0 Å². The van der Waals surface area contributed by atoms with E-state index in [0.717, 1.165) is 44.0 Å². The van der Waals surface area contributed by atoms with Gasteiger partial charge in [0.25, 0.3) is 0 Å². The Morgan fingerprint density at radius 1 is 0.435 bits per heavy atom. The zero-order chi connectivity index (χ0) is 30.2. The molecular formula is C41H23N3OS. The van der Waals surface area contributed by atoms with E-state index in [2.05, 4.69) is 97.1 Å². The molecule has 0 aliphatic carbocycles. The Morgan fingerprint density at radius 2 is 1.13 bits per heavy atom. The molecule has 7 aromatic carbocycles. The van der Waals surface area contributed by atoms with Crippen molar-refractivity contribution in [3.05, 3.63) is 140 Å². The van der Waals surface area contributed by atoms with E-state index in [1.807, 2.05) is 42.5 Å². The molecule has 3 heterocycles. The molecule has 0 N–H and O–H groups in total. The predicted molar refractivity (Wildman–Crippen MR) is 191 cm³/mol. The lowest BCUT2D eigenvalue weighted by Gasteiger charge is -2.10. The monoisotopic (exact) mass is 605 g/mol. The highest BCUT2D eigenvalue weighted by Gasteiger charge is 2.20. The predicted octanol–water partition coefficient (Wildman–Crippen LogP) is 11.4. The van der Waals surface area contributed by atoms with Crippen molar-refractivity contribution in [1.82, 2.24) is 15.0 Å². The number of fused-ring (bicyclic) bond motifs is 9. The molecule has 0 aliphatic rings. The highest BCUT2D eigenvalue weighted by molar-refractivity contribution is 7.26. The summed E-state index contributed by atoms with van der Waals surface area (Å²) in [6.45, 7) is 0. The van der Waals surface area contributed by atoms with Crippen LogP contribution in [0.4, 0.5) is 0 Å². The molecule has 0 bridgehead atoms. The first-order valence-electron chi connectivity index (χ1n) is 15.3. The molecule has 0 radical (unpaired) electrons. The van der Waals surface area contributed by atoms with Crippen LogP contribution in [0, 0.1) is 0 Å². The Bertz CT molecular complexity index is 2820. The van der Waals surface area contributed by atoms with Crippen LogP contribution in [0.1, 0.15) is 0 Å². The van der Waals surface area contributed by atoms with Gasteiger partial charge in [0.05, 0.1) is 0 Å². The van der Waals surface area contributed by atoms with Gasteiger partial charge in [-0.25, -0.2) is 15.0 Å². The lowest BCUT2D eigenvalue weighted by molar-refractivity contribution is 0.669. The molecule has 0 fully saturated rings. The molecular weight excluding hydrogens is 583 g/mol. The SMILES string of the molecule is c1ccc(-c2nc(-c3cccc4c3sc3ccccc34)nc(-c3cccc4oc5cc6ccc7ccccc7c6cc5c34)n2)cc1. The molecule has 10 aromatic rings. The van der Waals surface area contributed by atoms with Gasteiger partial charge < -0.3 is 4.42 Å². The van der Waals surface area contributed by atoms with E-state index < -0.39 is 0 Å². The van der Waals surface area contributed by atoms with Gasteiger partial charge in [-0.15, -0.1) is 11.3 Å². The van der Waals surface area contributed by atoms with Crippen molar-refractivity contribution < 1.29 is 4.42 Å². The van der Waals surface area contributed by atoms with Crippen molar-refractivity contribution in [1.29, 1.82) is 0 Å². The molecule has 0 amide bonds. The van der Waals surface area contributed by atoms with Gasteiger partial charge in [0.1, 0.15) is 11.2 Å². The standard InChI is InChI=1S/C41H23N3OS/c1-2-11-25(12-3-1)39-42-40(44-41(43-39)31-17-8-15-29-28-14-6-7-19-36(28)46-38(29)31)30-16-9-18-34-37(30)33-23-32-26(22-35(33)45-34)21-20-24-10-4-5-13-27(24)32/h1-23H. The summed E-state index contributed by atoms with van der Waals surface area (Å²) in [4.78, 5) is 15.4. The van der Waals surface area contributed by atoms with E-state index in [1.54, 1.807) is 11.3 Å². The lowest BCUT2D eigenvalue weighted by Crippen LogP contribution is -2.00. The van der Waals surface area contributed by atoms with Crippen molar-refractivity contribution in [2.45, 2.75) is 0 Å². The first-order valence-corrected chi connectivity index (χ1v) is 16.1. The molecule has 46 heavy (non-hydrogen) atoms. The van der Waals surface area contributed by atoms with E-state index >= 15 is 0 Å². The number of furan rings is 1. The van der Waals surface area contributed by atoms with E-state index in [0.29, 0.717) is 17.5 Å². The third-order valence-corrected chi connectivity index (χ3v) is 10.1. The van der Waals surface area contributed by atoms with E-state index in [1.165, 1.54) is 36.3 Å². The summed E-state index contributed by atoms with van der Waals surface area (Å²) in [7, 11) is 0. The van der Waals surface area contributed by atoms with Gasteiger partial charge in [0.15, 0.2) is 17.5 Å². The van der Waals surface area contributed by atoms with E-state index in [9.17, 15) is 0 Å². The number of aromatic nitrogens is 3. The minimum Gasteiger partial charge on any atom is -0.456 e. The minimum atomic E-state index is 0.619. The van der Waals surface area contributed by atoms with Crippen molar-refractivity contribution >= 4 is 75.0 Å². The summed E-state index contributed by atoms with van der Waals surface area (Å²) in [6.07, 6.45) is 0. The maximum absolute atomic E-state index is 6.49. The summed E-state index contributed by atoms with van der Waals surface area (Å²) in [5.41, 5.74) is 4.51. The van der Waals surface area contributed by atoms with Gasteiger partial charge in [0, 0.05) is 47.6 Å². The number of benzene rings is 7. The normalized spacial score (nSPS) is 11.9. The second kappa shape index (κ2) is 9.80. The zero-order valence-electron chi connectivity index (χ0n) is 24.4. The van der Waals surface area contributed by atoms with Crippen LogP contribution in [0.2, 0.25) is 0 Å². The van der Waals surface area contributed by atoms with Gasteiger partial charge in [-0.1, -0.05) is 109 Å². The van der Waals surface area contributed by atoms with E-state index in [4.69, 9.17) is 19.4 Å². The molecule has 0 atom stereocenters. The third kappa shape index (κ3) is 3.82. The molecule has 5 heteroatoms. The van der Waals surface area contributed by atoms with Crippen LogP contribution < -0.4 is 0 Å². The fourth-order valence-electron chi connectivity index (χ4n) is 6.77. The number of nitrogens with zero attached hydrogens (tertiary/aromatic N) is 3. The van der Waals surface area contributed by atoms with Crippen molar-refractivity contribution in [2.75, 3.05) is 0 Å². The van der Waals surface area contributed by atoms with Crippen LogP contribution in [0.25, 0.3) is 97.8 Å². The average Bonchev–Trinajstić information content (AvgIpc) is 3.69. The average molecular weight is 606 g/mol. The molecule has 0 aliphatic heterocycles. The van der Waals surface area contributed by atoms with Crippen LogP contribution in [-0.4, -0.2) is 15.0 Å². The smallest absolute Gasteiger partial charge is 0.165 e. The molecule has 0 saturated carbocycles. The maximum atomic E-state index is 6.49. The van der Waals surface area contributed by atoms with Crippen LogP contribution in [0.15, 0.2) is 144 Å². The molecule has 10 rings (SSSR count). The summed E-state index contributed by atoms with van der Waals surface area (Å²) < 4.78 is 8.90. The second-order valence-corrected chi connectivity index (χ2v) is 12.6. The number of hydrogen-bond acceptors (Lipinski definition) is 5. The summed E-state index contributed by atoms with van der Waals surface area (Å²) in [6, 6.07) is 48.5. The summed E-state index contributed by atoms with van der Waals surface area (Å²) >= 11 is 1.78. The second-order valence-electron chi connectivity index (χ2n) is 11.6. The van der Waals surface area contributed by atoms with Crippen LogP contribution in [-0.2, 0) is 0 Å². The third-order valence-electron chi connectivity index (χ3n) is 8.91. The van der Waals surface area contributed by atoms with E-state index in [-0.39, 0.29) is 0 Å². The Morgan fingerprint density at radius 3 is 2.04 bits per heavy atom. The zero-order valence-corrected chi connectivity index (χ0v) is 25.3. The highest BCUT2D eigenvalue weighted by Crippen LogP contribution is 2.42. The first kappa shape index (κ1) is 25.4. The minimum absolute atomic E-state index is 0.619. The van der Waals surface area contributed by atoms with Crippen LogP contribution in [0.3, 0.4) is 0 Å². The fourth-order valence-corrected chi connectivity index (χ4v) is 7.98. The summed E-state index contributed by atoms with van der Waals surface area (Å²) in [5.74, 6) is 1.91. The van der Waals surface area contributed by atoms with Crippen LogP contribution >= 0.6 is 11.3 Å². The molecule has 3 aromatic heterocycles. The molecule has 0 unspecified atom stereocenters. The van der Waals surface area contributed by atoms with Gasteiger partial charge in [-0.05, 0) is 51.9 Å². The van der Waals surface area contributed by atoms with Gasteiger partial charge in [0.2, 0.25) is 0 Å². The number of rotatable bonds is 3. The molecule has 0 saturated heterocycles. The van der Waals surface area contributed by atoms with Crippen molar-refractivity contribution in [2.24, 2.45) is 0 Å². The summed E-state index contributed by atoms with van der Waals surface area (Å²) in [5, 5.41) is 9.29. The molecule has 0 spiro atoms. The van der Waals surface area contributed by atoms with Crippen LogP contribution in [0.5, 0.6) is 0 Å². The largest absolute Gasteiger partial charge is 0.456 e. The Hall–Kier alpha value is -5.91. The lowest BCUT2D eigenvalue weighted by atomic mass is 9.98. The number of thiophene rings is 1. The topological polar surface area (TPSA) is 51.8 Å². The maximum Gasteiger partial charge on any atom is 0.165 e. The fraction of sp³-hybridized carbons (Fsp3) is 0. The van der Waals surface area contributed by atoms with Gasteiger partial charge >= 0.3 is 0 Å². The Balaban J connectivity index is 1.27. The molecule has 4 nitrogen and oxygen atoms in total. The first-order chi connectivity index (χ1) is 22.8. The number of hydrogen-bond donors (Lipinski definition) is 0. The molecule has 214 valence electrons. The van der Waals surface area contributed by atoms with Crippen molar-refractivity contribution in [3.8, 4) is 34.2 Å². The quantitative estimate of drug-likeness (QED) is 0.188. The van der Waals surface area contributed by atoms with Crippen molar-refractivity contribution in [3.63, 3.8) is 0 Å².